The van der Waals surface area contributed by atoms with E-state index in [9.17, 15) is 27.9 Å². The van der Waals surface area contributed by atoms with Gasteiger partial charge < -0.3 is 24.4 Å². The minimum absolute atomic E-state index is 0.185. The number of fused-ring (bicyclic) bond motifs is 1. The maximum absolute atomic E-state index is 14.1. The average molecular weight is 565 g/mol. The van der Waals surface area contributed by atoms with Crippen molar-refractivity contribution in [2.24, 2.45) is 0 Å². The number of nitrogens with zero attached hydrogens (tertiary/aromatic N) is 7. The van der Waals surface area contributed by atoms with Crippen LogP contribution in [0.25, 0.3) is 16.9 Å². The molecule has 214 valence electrons. The third-order valence-corrected chi connectivity index (χ3v) is 6.73. The molecule has 2 aliphatic heterocycles. The second-order valence-electron chi connectivity index (χ2n) is 9.31. The van der Waals surface area contributed by atoms with E-state index < -0.39 is 23.9 Å². The van der Waals surface area contributed by atoms with Gasteiger partial charge in [-0.1, -0.05) is 0 Å². The highest BCUT2D eigenvalue weighted by atomic mass is 19.4. The normalized spacial score (nSPS) is 16.8. The Labute approximate surface area is 226 Å². The Hall–Kier alpha value is -4.18. The van der Waals surface area contributed by atoms with E-state index in [1.165, 1.54) is 9.42 Å². The molecule has 16 heteroatoms. The van der Waals surface area contributed by atoms with Crippen LogP contribution < -0.4 is 10.2 Å². The zero-order valence-corrected chi connectivity index (χ0v) is 21.5. The van der Waals surface area contributed by atoms with Crippen molar-refractivity contribution in [2.75, 3.05) is 69.8 Å². The van der Waals surface area contributed by atoms with Gasteiger partial charge in [0.05, 0.1) is 31.5 Å². The number of pyridine rings is 1. The summed E-state index contributed by atoms with van der Waals surface area (Å²) in [5, 5.41) is 15.8. The quantitative estimate of drug-likeness (QED) is 0.476. The van der Waals surface area contributed by atoms with Crippen molar-refractivity contribution in [2.45, 2.75) is 12.7 Å². The first-order chi connectivity index (χ1) is 19.1. The molecule has 40 heavy (non-hydrogen) atoms. The highest BCUT2D eigenvalue weighted by Crippen LogP contribution is 2.38. The Bertz CT molecular complexity index is 1400. The van der Waals surface area contributed by atoms with E-state index in [1.54, 1.807) is 6.20 Å². The van der Waals surface area contributed by atoms with Gasteiger partial charge in [-0.25, -0.2) is 24.1 Å². The first-order valence-electron chi connectivity index (χ1n) is 12.5. The van der Waals surface area contributed by atoms with Crippen molar-refractivity contribution in [3.63, 3.8) is 0 Å². The lowest BCUT2D eigenvalue weighted by Crippen LogP contribution is -2.47. The van der Waals surface area contributed by atoms with Crippen LogP contribution in [0, 0.1) is 0 Å². The molecule has 2 N–H and O–H groups in total. The highest BCUT2D eigenvalue weighted by molar-refractivity contribution is 5.84. The van der Waals surface area contributed by atoms with E-state index >= 15 is 0 Å². The number of methoxy groups -OCH3 is 1. The molecule has 0 atom stereocenters. The minimum Gasteiger partial charge on any atom is -0.465 e. The van der Waals surface area contributed by atoms with Gasteiger partial charge in [0.25, 0.3) is 0 Å². The Morgan fingerprint density at radius 1 is 1.12 bits per heavy atom. The molecule has 0 spiro atoms. The number of nitrogens with one attached hydrogen (secondary N) is 1. The summed E-state index contributed by atoms with van der Waals surface area (Å²) < 4.78 is 53.8. The van der Waals surface area contributed by atoms with Crippen molar-refractivity contribution < 1.29 is 37.3 Å². The van der Waals surface area contributed by atoms with E-state index in [4.69, 9.17) is 4.74 Å². The summed E-state index contributed by atoms with van der Waals surface area (Å²) in [5.41, 5.74) is 0.0658. The summed E-state index contributed by atoms with van der Waals surface area (Å²) in [4.78, 5) is 36.7. The minimum atomic E-state index is -4.79. The fourth-order valence-corrected chi connectivity index (χ4v) is 4.69. The molecule has 0 bridgehead atoms. The predicted molar refractivity (Wildman–Crippen MR) is 135 cm³/mol. The number of carboxylic acid groups (broad SMARTS) is 1. The third-order valence-electron chi connectivity index (χ3n) is 6.73. The molecule has 2 saturated heterocycles. The molecule has 3 aromatic heterocycles. The van der Waals surface area contributed by atoms with E-state index in [0.717, 1.165) is 18.9 Å². The molecular formula is C24H27F3N8O5. The Kier molecular flexibility index (Phi) is 7.62. The zero-order chi connectivity index (χ0) is 28.4. The van der Waals surface area contributed by atoms with Gasteiger partial charge in [0.2, 0.25) is 0 Å². The highest BCUT2D eigenvalue weighted by Gasteiger charge is 2.36. The first-order valence-corrected chi connectivity index (χ1v) is 12.5. The van der Waals surface area contributed by atoms with Crippen LogP contribution in [0.2, 0.25) is 0 Å². The Morgan fingerprint density at radius 3 is 2.50 bits per heavy atom. The molecule has 5 heterocycles. The van der Waals surface area contributed by atoms with Crippen LogP contribution in [0.5, 0.6) is 0 Å². The van der Waals surface area contributed by atoms with Crippen LogP contribution in [-0.2, 0) is 22.2 Å². The summed E-state index contributed by atoms with van der Waals surface area (Å²) in [6.45, 7) is 4.27. The fourth-order valence-electron chi connectivity index (χ4n) is 4.69. The molecule has 2 amide bonds. The number of anilines is 2. The lowest BCUT2D eigenvalue weighted by Gasteiger charge is -2.32. The zero-order valence-electron chi connectivity index (χ0n) is 21.5. The first kappa shape index (κ1) is 27.4. The molecule has 2 fully saturated rings. The predicted octanol–water partition coefficient (Wildman–Crippen LogP) is 2.62. The van der Waals surface area contributed by atoms with Crippen LogP contribution in [0.1, 0.15) is 11.1 Å². The molecule has 5 rings (SSSR count). The average Bonchev–Trinajstić information content (AvgIpc) is 3.35. The number of piperazine rings is 1. The van der Waals surface area contributed by atoms with Crippen molar-refractivity contribution in [3.05, 3.63) is 35.7 Å². The number of rotatable bonds is 5. The largest absolute Gasteiger partial charge is 0.465 e. The van der Waals surface area contributed by atoms with Crippen molar-refractivity contribution >= 4 is 29.3 Å². The lowest BCUT2D eigenvalue weighted by atomic mass is 10.1. The molecule has 3 aromatic rings. The summed E-state index contributed by atoms with van der Waals surface area (Å²) in [6, 6.07) is 2.61. The second kappa shape index (κ2) is 11.1. The van der Waals surface area contributed by atoms with Gasteiger partial charge in [0.15, 0.2) is 11.6 Å². The Morgan fingerprint density at radius 2 is 1.85 bits per heavy atom. The monoisotopic (exact) mass is 564 g/mol. The van der Waals surface area contributed by atoms with Gasteiger partial charge >= 0.3 is 18.4 Å². The standard InChI is InChI=1S/C24H27F3N8O5/c1-39-22(36)29-19-11-17(24(25,26)27)16(12-28-19)20-30-21(33-6-8-40-9-7-33)18-10-15(14-35(18)31-20)13-32-2-4-34(5-3-32)23(37)38/h10-12,14H,2-9,13H2,1H3,(H,37,38)(H,28,29,36). The lowest BCUT2D eigenvalue weighted by molar-refractivity contribution is -0.137. The number of hydrogen-bond donors (Lipinski definition) is 2. The number of carbonyl (C=O) groups excluding carboxylic acids is 1. The molecular weight excluding hydrogens is 537 g/mol. The van der Waals surface area contributed by atoms with Gasteiger partial charge in [-0.2, -0.15) is 13.2 Å². The van der Waals surface area contributed by atoms with Crippen LogP contribution in [0.4, 0.5) is 34.4 Å². The smallest absolute Gasteiger partial charge is 0.417 e. The SMILES string of the molecule is COC(=O)Nc1cc(C(F)(F)F)c(-c2nc(N3CCOCC3)c3cc(CN4CCN(C(=O)O)CC4)cn3n2)cn1. The van der Waals surface area contributed by atoms with Crippen molar-refractivity contribution in [1.29, 1.82) is 0 Å². The summed E-state index contributed by atoms with van der Waals surface area (Å²) in [6.07, 6.45) is -3.98. The maximum Gasteiger partial charge on any atom is 0.417 e. The third kappa shape index (κ3) is 5.86. The van der Waals surface area contributed by atoms with Crippen LogP contribution in [0.3, 0.4) is 0 Å². The number of alkyl halides is 3. The van der Waals surface area contributed by atoms with E-state index in [2.05, 4.69) is 30.0 Å². The van der Waals surface area contributed by atoms with Gasteiger partial charge in [0, 0.05) is 58.2 Å². The number of halogens is 3. The van der Waals surface area contributed by atoms with Crippen molar-refractivity contribution in [1.82, 2.24) is 29.4 Å². The number of aromatic nitrogens is 4. The van der Waals surface area contributed by atoms with Gasteiger partial charge in [-0.3, -0.25) is 10.2 Å². The summed E-state index contributed by atoms with van der Waals surface area (Å²) >= 11 is 0. The molecule has 0 aromatic carbocycles. The number of carbonyl (C=O) groups is 2. The molecule has 0 saturated carbocycles. The van der Waals surface area contributed by atoms with Crippen LogP contribution in [-0.4, -0.2) is 106 Å². The Balaban J connectivity index is 1.53. The molecule has 0 unspecified atom stereocenters. The summed E-state index contributed by atoms with van der Waals surface area (Å²) in [5.74, 6) is -0.0561. The van der Waals surface area contributed by atoms with Crippen molar-refractivity contribution in [3.8, 4) is 11.4 Å². The topological polar surface area (TPSA) is 138 Å². The van der Waals surface area contributed by atoms with E-state index in [-0.39, 0.29) is 17.2 Å². The number of ether oxygens (including phenoxy) is 2. The molecule has 0 radical (unpaired) electrons. The van der Waals surface area contributed by atoms with Gasteiger partial charge in [-0.15, -0.1) is 5.10 Å². The fraction of sp³-hybridized carbons (Fsp3) is 0.458. The van der Waals surface area contributed by atoms with E-state index in [0.29, 0.717) is 76.4 Å². The number of amides is 2. The molecule has 0 aliphatic carbocycles. The van der Waals surface area contributed by atoms with Crippen LogP contribution >= 0.6 is 0 Å². The van der Waals surface area contributed by atoms with Crippen LogP contribution in [0.15, 0.2) is 24.5 Å². The van der Waals surface area contributed by atoms with Gasteiger partial charge in [-0.05, 0) is 17.7 Å². The van der Waals surface area contributed by atoms with E-state index in [1.807, 2.05) is 11.0 Å². The second-order valence-corrected chi connectivity index (χ2v) is 9.31. The number of morpholine rings is 1. The molecule has 2 aliphatic rings. The molecule has 13 nitrogen and oxygen atoms in total. The van der Waals surface area contributed by atoms with Gasteiger partial charge in [0.1, 0.15) is 11.3 Å². The maximum atomic E-state index is 14.1. The number of hydrogen-bond acceptors (Lipinski definition) is 9. The summed E-state index contributed by atoms with van der Waals surface area (Å²) in [7, 11) is 1.09.